The molecule has 2 heterocycles. The van der Waals surface area contributed by atoms with Gasteiger partial charge in [0.05, 0.1) is 11.3 Å². The number of pyridine rings is 1. The van der Waals surface area contributed by atoms with Crippen molar-refractivity contribution in [1.82, 2.24) is 9.88 Å². The van der Waals surface area contributed by atoms with E-state index < -0.39 is 0 Å². The maximum atomic E-state index is 13.0. The van der Waals surface area contributed by atoms with E-state index in [1.54, 1.807) is 23.1 Å². The molecule has 1 aromatic heterocycles. The first-order chi connectivity index (χ1) is 12.6. The lowest BCUT2D eigenvalue weighted by atomic mass is 10.1. The number of rotatable bonds is 2. The van der Waals surface area contributed by atoms with Gasteiger partial charge >= 0.3 is 0 Å². The zero-order valence-electron chi connectivity index (χ0n) is 14.2. The minimum Gasteiger partial charge on any atom is -0.506 e. The predicted octanol–water partition coefficient (Wildman–Crippen LogP) is 2.20. The summed E-state index contributed by atoms with van der Waals surface area (Å²) in [6, 6.07) is 15.9. The van der Waals surface area contributed by atoms with Crippen molar-refractivity contribution in [2.24, 2.45) is 0 Å². The number of anilines is 1. The van der Waals surface area contributed by atoms with E-state index in [9.17, 15) is 14.7 Å². The van der Waals surface area contributed by atoms with Gasteiger partial charge in [0.2, 0.25) is 5.56 Å². The Bertz CT molecular complexity index is 1020. The van der Waals surface area contributed by atoms with Gasteiger partial charge in [0, 0.05) is 43.1 Å². The second-order valence-electron chi connectivity index (χ2n) is 6.36. The fourth-order valence-electron chi connectivity index (χ4n) is 3.43. The Morgan fingerprint density at radius 3 is 2.42 bits per heavy atom. The van der Waals surface area contributed by atoms with Gasteiger partial charge in [-0.25, -0.2) is 0 Å². The molecule has 26 heavy (non-hydrogen) atoms. The molecule has 0 bridgehead atoms. The number of nitrogens with zero attached hydrogens (tertiary/aromatic N) is 2. The van der Waals surface area contributed by atoms with Crippen LogP contribution >= 0.6 is 0 Å². The highest BCUT2D eigenvalue weighted by atomic mass is 16.3. The molecule has 1 aliphatic heterocycles. The van der Waals surface area contributed by atoms with Crippen LogP contribution in [0, 0.1) is 0 Å². The molecule has 0 atom stereocenters. The summed E-state index contributed by atoms with van der Waals surface area (Å²) in [5.41, 5.74) is 1.60. The Morgan fingerprint density at radius 1 is 0.962 bits per heavy atom. The average Bonchev–Trinajstić information content (AvgIpc) is 2.67. The predicted molar refractivity (Wildman–Crippen MR) is 101 cm³/mol. The summed E-state index contributed by atoms with van der Waals surface area (Å²) in [7, 11) is 0. The Kier molecular flexibility index (Phi) is 4.08. The maximum Gasteiger partial charge on any atom is 0.254 e. The number of aromatic nitrogens is 1. The number of para-hydroxylation sites is 3. The van der Waals surface area contributed by atoms with E-state index in [1.807, 2.05) is 30.3 Å². The van der Waals surface area contributed by atoms with Gasteiger partial charge < -0.3 is 19.9 Å². The number of aromatic hydroxyl groups is 1. The summed E-state index contributed by atoms with van der Waals surface area (Å²) in [6.45, 7) is 2.33. The van der Waals surface area contributed by atoms with Crippen molar-refractivity contribution in [1.29, 1.82) is 0 Å². The molecule has 3 aromatic rings. The van der Waals surface area contributed by atoms with Gasteiger partial charge in [-0.3, -0.25) is 9.59 Å². The summed E-state index contributed by atoms with van der Waals surface area (Å²) in [4.78, 5) is 31.5. The molecule has 1 saturated heterocycles. The van der Waals surface area contributed by atoms with E-state index >= 15 is 0 Å². The summed E-state index contributed by atoms with van der Waals surface area (Å²) in [6.07, 6.45) is 0. The molecule has 0 spiro atoms. The van der Waals surface area contributed by atoms with Gasteiger partial charge in [0.25, 0.3) is 5.91 Å². The summed E-state index contributed by atoms with van der Waals surface area (Å²) in [5.74, 6) is 0.108. The van der Waals surface area contributed by atoms with Crippen LogP contribution in [0.25, 0.3) is 10.9 Å². The number of hydrogen-bond acceptors (Lipinski definition) is 4. The number of amides is 1. The molecule has 1 amide bonds. The largest absolute Gasteiger partial charge is 0.506 e. The average molecular weight is 349 g/mol. The molecule has 0 aliphatic carbocycles. The van der Waals surface area contributed by atoms with E-state index in [1.165, 1.54) is 6.07 Å². The summed E-state index contributed by atoms with van der Waals surface area (Å²) >= 11 is 0. The van der Waals surface area contributed by atoms with Crippen LogP contribution in [-0.2, 0) is 0 Å². The normalized spacial score (nSPS) is 14.6. The van der Waals surface area contributed by atoms with E-state index in [2.05, 4.69) is 9.88 Å². The molecule has 6 nitrogen and oxygen atoms in total. The molecule has 0 saturated carbocycles. The second-order valence-corrected chi connectivity index (χ2v) is 6.36. The van der Waals surface area contributed by atoms with Crippen LogP contribution in [0.2, 0.25) is 0 Å². The van der Waals surface area contributed by atoms with Gasteiger partial charge in [-0.2, -0.15) is 0 Å². The molecule has 132 valence electrons. The highest BCUT2D eigenvalue weighted by Crippen LogP contribution is 2.27. The van der Waals surface area contributed by atoms with Crippen molar-refractivity contribution in [3.05, 3.63) is 70.5 Å². The topological polar surface area (TPSA) is 76.6 Å². The first-order valence-corrected chi connectivity index (χ1v) is 8.58. The molecule has 2 aromatic carbocycles. The number of aromatic amines is 1. The first kappa shape index (κ1) is 16.2. The first-order valence-electron chi connectivity index (χ1n) is 8.58. The third-order valence-electron chi connectivity index (χ3n) is 4.77. The smallest absolute Gasteiger partial charge is 0.254 e. The highest BCUT2D eigenvalue weighted by Gasteiger charge is 2.24. The molecule has 0 unspecified atom stereocenters. The number of phenols is 1. The van der Waals surface area contributed by atoms with Crippen molar-refractivity contribution >= 4 is 22.5 Å². The van der Waals surface area contributed by atoms with Crippen molar-refractivity contribution < 1.29 is 9.90 Å². The zero-order chi connectivity index (χ0) is 18.1. The quantitative estimate of drug-likeness (QED) is 0.744. The second kappa shape index (κ2) is 6.55. The Hall–Kier alpha value is -3.28. The number of carbonyl (C=O) groups is 1. The van der Waals surface area contributed by atoms with Crippen LogP contribution in [0.3, 0.4) is 0 Å². The molecular formula is C20H19N3O3. The molecular weight excluding hydrogens is 330 g/mol. The van der Waals surface area contributed by atoms with Crippen molar-refractivity contribution in [2.45, 2.75) is 0 Å². The number of nitrogens with one attached hydrogen (secondary N) is 1. The number of piperazine rings is 1. The van der Waals surface area contributed by atoms with Crippen LogP contribution in [-0.4, -0.2) is 47.1 Å². The van der Waals surface area contributed by atoms with Crippen molar-refractivity contribution in [3.63, 3.8) is 0 Å². The van der Waals surface area contributed by atoms with Crippen LogP contribution < -0.4 is 10.5 Å². The monoisotopic (exact) mass is 349 g/mol. The fourth-order valence-corrected chi connectivity index (χ4v) is 3.43. The van der Waals surface area contributed by atoms with Crippen LogP contribution in [0.1, 0.15) is 10.4 Å². The summed E-state index contributed by atoms with van der Waals surface area (Å²) in [5, 5.41) is 10.8. The molecule has 1 aliphatic rings. The number of hydrogen-bond donors (Lipinski definition) is 2. The Morgan fingerprint density at radius 2 is 1.65 bits per heavy atom. The van der Waals surface area contributed by atoms with Gasteiger partial charge in [0.15, 0.2) is 0 Å². The zero-order valence-corrected chi connectivity index (χ0v) is 14.2. The van der Waals surface area contributed by atoms with Gasteiger partial charge in [0.1, 0.15) is 5.75 Å². The minimum atomic E-state index is -0.278. The fraction of sp³-hybridized carbons (Fsp3) is 0.200. The Labute approximate surface area is 150 Å². The number of fused-ring (bicyclic) bond motifs is 1. The van der Waals surface area contributed by atoms with Crippen LogP contribution in [0.15, 0.2) is 59.4 Å². The standard InChI is InChI=1S/C20H19N3O3/c24-18-8-4-3-7-17(18)22-9-11-23(12-10-22)20(26)15-13-19(25)21-16-6-2-1-5-14(15)16/h1-8,13,24H,9-12H2,(H,21,25). The van der Waals surface area contributed by atoms with E-state index in [4.69, 9.17) is 0 Å². The van der Waals surface area contributed by atoms with Gasteiger partial charge in [-0.05, 0) is 18.2 Å². The molecule has 4 rings (SSSR count). The molecule has 6 heteroatoms. The van der Waals surface area contributed by atoms with Crippen molar-refractivity contribution in [2.75, 3.05) is 31.1 Å². The number of benzene rings is 2. The number of phenolic OH excluding ortho intramolecular Hbond substituents is 1. The number of carbonyl (C=O) groups excluding carboxylic acids is 1. The third kappa shape index (κ3) is 2.90. The van der Waals surface area contributed by atoms with E-state index in [0.717, 1.165) is 11.1 Å². The number of H-pyrrole nitrogens is 1. The third-order valence-corrected chi connectivity index (χ3v) is 4.77. The van der Waals surface area contributed by atoms with E-state index in [0.29, 0.717) is 37.3 Å². The molecule has 0 radical (unpaired) electrons. The summed E-state index contributed by atoms with van der Waals surface area (Å²) < 4.78 is 0. The highest BCUT2D eigenvalue weighted by molar-refractivity contribution is 6.06. The van der Waals surface area contributed by atoms with Gasteiger partial charge in [-0.1, -0.05) is 30.3 Å². The molecule has 1 fully saturated rings. The van der Waals surface area contributed by atoms with Crippen LogP contribution in [0.4, 0.5) is 5.69 Å². The lowest BCUT2D eigenvalue weighted by molar-refractivity contribution is 0.0748. The van der Waals surface area contributed by atoms with Crippen LogP contribution in [0.5, 0.6) is 5.75 Å². The van der Waals surface area contributed by atoms with Gasteiger partial charge in [-0.15, -0.1) is 0 Å². The molecule has 2 N–H and O–H groups in total. The minimum absolute atomic E-state index is 0.135. The van der Waals surface area contributed by atoms with Crippen molar-refractivity contribution in [3.8, 4) is 5.75 Å². The SMILES string of the molecule is O=C(c1cc(=O)[nH]c2ccccc12)N1CCN(c2ccccc2O)CC1. The van der Waals surface area contributed by atoms with E-state index in [-0.39, 0.29) is 17.2 Å². The lowest BCUT2D eigenvalue weighted by Crippen LogP contribution is -2.49. The lowest BCUT2D eigenvalue weighted by Gasteiger charge is -2.36. The Balaban J connectivity index is 1.56. The maximum absolute atomic E-state index is 13.0.